The van der Waals surface area contributed by atoms with Crippen molar-refractivity contribution in [3.05, 3.63) is 153 Å². The van der Waals surface area contributed by atoms with Crippen molar-refractivity contribution in [2.75, 3.05) is 0 Å². The first-order valence-electron chi connectivity index (χ1n) is 17.4. The Morgan fingerprint density at radius 1 is 0.562 bits per heavy atom. The first-order valence-corrected chi connectivity index (χ1v) is 33.7. The van der Waals surface area contributed by atoms with E-state index in [1.54, 1.807) is 0 Å². The standard InChI is InChI=1S/2C21H19.C2H7Si.2ClH.Zr/c2*1-16(2)13-18-14-20-10-6-9-19(21(20)15-18)12-11-17-7-4-3-5-8-17;1-3-2;;;/h2*3-10,14-16H,13H2,1-2H3;3H,1-2H3;2*1H;/q;;;;;+2/p-2. The maximum absolute atomic E-state index is 8.69. The second-order valence-electron chi connectivity index (χ2n) is 14.7. The normalized spacial score (nSPS) is 17.4. The Morgan fingerprint density at radius 3 is 1.31 bits per heavy atom. The van der Waals surface area contributed by atoms with E-state index in [0.29, 0.717) is 11.8 Å². The van der Waals surface area contributed by atoms with Crippen molar-refractivity contribution in [2.24, 2.45) is 11.8 Å². The SMILES string of the molecule is CC(C)CC1=Cc2c(C#Cc3ccccc3)cccc2[CH]1[Zr]([Cl])([Cl])([CH]1C(CC(C)C)=Cc2c(C#Cc3ccccc3)cccc21)[SiH](C)C. The predicted molar refractivity (Wildman–Crippen MR) is 209 cm³/mol. The Morgan fingerprint density at radius 2 is 0.958 bits per heavy atom. The van der Waals surface area contributed by atoms with Gasteiger partial charge >= 0.3 is 300 Å². The molecule has 0 N–H and O–H groups in total. The van der Waals surface area contributed by atoms with Crippen molar-refractivity contribution in [3.63, 3.8) is 0 Å². The topological polar surface area (TPSA) is 0 Å². The summed E-state index contributed by atoms with van der Waals surface area (Å²) in [6, 6.07) is 33.7. The molecule has 0 saturated heterocycles. The molecule has 4 aromatic rings. The molecule has 0 spiro atoms. The molecule has 48 heavy (non-hydrogen) atoms. The van der Waals surface area contributed by atoms with E-state index < -0.39 is 21.5 Å². The molecule has 4 aromatic carbocycles. The molecule has 0 fully saturated rings. The molecule has 0 aromatic heterocycles. The van der Waals surface area contributed by atoms with Crippen LogP contribution in [0.1, 0.15) is 92.3 Å². The minimum atomic E-state index is -4.91. The van der Waals surface area contributed by atoms with Gasteiger partial charge in [-0.3, -0.25) is 0 Å². The van der Waals surface area contributed by atoms with Crippen molar-refractivity contribution in [3.8, 4) is 23.7 Å². The van der Waals surface area contributed by atoms with Crippen LogP contribution in [0.4, 0.5) is 0 Å². The zero-order chi connectivity index (χ0) is 34.1. The zero-order valence-corrected chi connectivity index (χ0v) is 34.1. The van der Waals surface area contributed by atoms with Crippen molar-refractivity contribution >= 4 is 35.1 Å². The zero-order valence-electron chi connectivity index (χ0n) is 28.9. The first kappa shape index (κ1) is 35.0. The van der Waals surface area contributed by atoms with Crippen LogP contribution in [0.5, 0.6) is 0 Å². The third kappa shape index (κ3) is 6.68. The maximum atomic E-state index is 8.69. The van der Waals surface area contributed by atoms with Gasteiger partial charge in [-0.1, -0.05) is 0 Å². The summed E-state index contributed by atoms with van der Waals surface area (Å²) in [4.78, 5) is 0. The predicted octanol–water partition coefficient (Wildman–Crippen LogP) is 12.1. The van der Waals surface area contributed by atoms with Crippen LogP contribution in [0, 0.1) is 35.5 Å². The van der Waals surface area contributed by atoms with Gasteiger partial charge in [0.15, 0.2) is 0 Å². The average Bonchev–Trinajstić information content (AvgIpc) is 3.62. The van der Waals surface area contributed by atoms with Gasteiger partial charge in [0.05, 0.1) is 0 Å². The molecule has 2 aliphatic carbocycles. The number of hydrogen-bond acceptors (Lipinski definition) is 0. The molecule has 2 atom stereocenters. The summed E-state index contributed by atoms with van der Waals surface area (Å²) in [5.74, 6) is 13.2. The van der Waals surface area contributed by atoms with Gasteiger partial charge in [-0.05, 0) is 0 Å². The van der Waals surface area contributed by atoms with Crippen LogP contribution in [-0.2, 0) is 15.6 Å². The summed E-state index contributed by atoms with van der Waals surface area (Å²) in [5, 5.41) is 0. The Hall–Kier alpha value is -2.84. The molecular weight excluding hydrogens is 719 g/mol. The summed E-state index contributed by atoms with van der Waals surface area (Å²) >= 11 is -4.91. The van der Waals surface area contributed by atoms with Crippen LogP contribution in [0.2, 0.25) is 13.1 Å². The molecule has 0 heterocycles. The van der Waals surface area contributed by atoms with Gasteiger partial charge in [-0.25, -0.2) is 0 Å². The minimum absolute atomic E-state index is 0.0443. The molecule has 0 saturated carbocycles. The Balaban J connectivity index is 1.55. The molecule has 243 valence electrons. The molecule has 4 heteroatoms. The van der Waals surface area contributed by atoms with Crippen LogP contribution in [0.15, 0.2) is 108 Å². The second kappa shape index (κ2) is 14.2. The molecule has 6 rings (SSSR count). The molecule has 0 bridgehead atoms. The van der Waals surface area contributed by atoms with Crippen molar-refractivity contribution < 1.29 is 15.6 Å². The van der Waals surface area contributed by atoms with E-state index in [2.05, 4.69) is 137 Å². The molecular formula is C44H45Cl2SiZr. The second-order valence-corrected chi connectivity index (χ2v) is 57.2. The van der Waals surface area contributed by atoms with Crippen molar-refractivity contribution in [2.45, 2.75) is 60.9 Å². The van der Waals surface area contributed by atoms with E-state index in [-0.39, 0.29) is 7.25 Å². The summed E-state index contributed by atoms with van der Waals surface area (Å²) in [6.07, 6.45) is 6.79. The van der Waals surface area contributed by atoms with E-state index in [1.807, 2.05) is 36.4 Å². The molecule has 0 radical (unpaired) electrons. The summed E-state index contributed by atoms with van der Waals surface area (Å²) in [6.45, 7) is 14.1. The van der Waals surface area contributed by atoms with Gasteiger partial charge in [0.25, 0.3) is 0 Å². The number of allylic oxidation sites excluding steroid dienone is 2. The molecule has 2 unspecified atom stereocenters. The Labute approximate surface area is 297 Å². The average molecular weight is 764 g/mol. The van der Waals surface area contributed by atoms with Crippen molar-refractivity contribution in [1.29, 1.82) is 0 Å². The quantitative estimate of drug-likeness (QED) is 0.130. The Bertz CT molecular complexity index is 1870. The van der Waals surface area contributed by atoms with Crippen LogP contribution < -0.4 is 0 Å². The van der Waals surface area contributed by atoms with Gasteiger partial charge < -0.3 is 0 Å². The van der Waals surface area contributed by atoms with Gasteiger partial charge in [-0.15, -0.1) is 0 Å². The van der Waals surface area contributed by atoms with Gasteiger partial charge in [0, 0.05) is 0 Å². The fourth-order valence-electron chi connectivity index (χ4n) is 7.90. The molecule has 0 nitrogen and oxygen atoms in total. The number of benzene rings is 4. The monoisotopic (exact) mass is 761 g/mol. The van der Waals surface area contributed by atoms with E-state index in [1.165, 1.54) is 33.4 Å². The number of hydrogen-bond donors (Lipinski definition) is 0. The summed E-state index contributed by atoms with van der Waals surface area (Å²) < 4.78 is 0.0887. The third-order valence-corrected chi connectivity index (χ3v) is 61.9. The van der Waals surface area contributed by atoms with Gasteiger partial charge in [0.1, 0.15) is 0 Å². The third-order valence-electron chi connectivity index (χ3n) is 10.0. The number of halogens is 2. The fraction of sp³-hybridized carbons (Fsp3) is 0.273. The number of rotatable bonds is 7. The molecule has 0 amide bonds. The van der Waals surface area contributed by atoms with E-state index in [0.717, 1.165) is 35.1 Å². The summed E-state index contributed by atoms with van der Waals surface area (Å²) in [7, 11) is 17.4. The van der Waals surface area contributed by atoms with E-state index >= 15 is 0 Å². The van der Waals surface area contributed by atoms with Gasteiger partial charge in [-0.2, -0.15) is 0 Å². The van der Waals surface area contributed by atoms with Crippen LogP contribution in [0.25, 0.3) is 12.2 Å². The van der Waals surface area contributed by atoms with E-state index in [9.17, 15) is 0 Å². The van der Waals surface area contributed by atoms with Crippen LogP contribution >= 0.6 is 17.0 Å². The Kier molecular flexibility index (Phi) is 10.3. The first-order chi connectivity index (χ1) is 23.0. The molecule has 0 aliphatic heterocycles. The van der Waals surface area contributed by atoms with E-state index in [4.69, 9.17) is 17.0 Å². The number of fused-ring (bicyclic) bond motifs is 2. The van der Waals surface area contributed by atoms with Gasteiger partial charge in [0.2, 0.25) is 0 Å². The molecule has 2 aliphatic rings. The van der Waals surface area contributed by atoms with Crippen LogP contribution in [0.3, 0.4) is 0 Å². The summed E-state index contributed by atoms with van der Waals surface area (Å²) in [5.41, 5.74) is 12.0. The fourth-order valence-corrected chi connectivity index (χ4v) is 39.3. The van der Waals surface area contributed by atoms with Crippen LogP contribution in [-0.4, -0.2) is 5.92 Å². The van der Waals surface area contributed by atoms with Crippen molar-refractivity contribution in [1.82, 2.24) is 0 Å².